The molecule has 3 aromatic rings. The molecule has 3 heterocycles. The number of benzene rings is 2. The molecular weight excluding hydrogens is 416 g/mol. The van der Waals surface area contributed by atoms with E-state index in [1.807, 2.05) is 24.4 Å². The van der Waals surface area contributed by atoms with Crippen LogP contribution < -0.4 is 0 Å². The summed E-state index contributed by atoms with van der Waals surface area (Å²) in [6.45, 7) is 3.08. The molecule has 9 heteroatoms. The molecule has 5 rings (SSSR count). The van der Waals surface area contributed by atoms with Crippen molar-refractivity contribution in [3.8, 4) is 0 Å². The van der Waals surface area contributed by atoms with Crippen LogP contribution in [0, 0.1) is 11.8 Å². The van der Waals surface area contributed by atoms with E-state index >= 15 is 0 Å². The Morgan fingerprint density at radius 2 is 1.90 bits per heavy atom. The van der Waals surface area contributed by atoms with Crippen LogP contribution in [0.4, 0.5) is 0 Å². The van der Waals surface area contributed by atoms with Gasteiger partial charge < -0.3 is 5.11 Å². The predicted molar refractivity (Wildman–Crippen MR) is 118 cm³/mol. The van der Waals surface area contributed by atoms with E-state index in [0.29, 0.717) is 18.4 Å². The van der Waals surface area contributed by atoms with Crippen LogP contribution in [0.1, 0.15) is 17.2 Å². The summed E-state index contributed by atoms with van der Waals surface area (Å²) in [6, 6.07) is 16.4. The number of sulfonamides is 1. The van der Waals surface area contributed by atoms with E-state index in [1.54, 1.807) is 4.31 Å². The molecule has 3 atom stereocenters. The molecule has 2 aliphatic heterocycles. The predicted octanol–water partition coefficient (Wildman–Crippen LogP) is 2.33. The van der Waals surface area contributed by atoms with Gasteiger partial charge in [0.15, 0.2) is 0 Å². The van der Waals surface area contributed by atoms with Crippen LogP contribution in [0.2, 0.25) is 0 Å². The Morgan fingerprint density at radius 3 is 2.61 bits per heavy atom. The van der Waals surface area contributed by atoms with Crippen LogP contribution in [0.25, 0.3) is 10.9 Å². The van der Waals surface area contributed by atoms with E-state index in [0.717, 1.165) is 36.1 Å². The van der Waals surface area contributed by atoms with Gasteiger partial charge in [-0.05, 0) is 29.0 Å². The maximum atomic E-state index is 12.4. The van der Waals surface area contributed by atoms with Gasteiger partial charge in [-0.2, -0.15) is 9.40 Å². The highest BCUT2D eigenvalue weighted by atomic mass is 32.2. The molecule has 8 nitrogen and oxygen atoms in total. The molecule has 0 amide bonds. The average Bonchev–Trinajstić information content (AvgIpc) is 3.42. The Balaban J connectivity index is 0.000000730. The van der Waals surface area contributed by atoms with Gasteiger partial charge in [0.1, 0.15) is 0 Å². The van der Waals surface area contributed by atoms with Crippen LogP contribution >= 0.6 is 0 Å². The van der Waals surface area contributed by atoms with Crippen LogP contribution in [0.3, 0.4) is 0 Å². The van der Waals surface area contributed by atoms with Gasteiger partial charge >= 0.3 is 0 Å². The minimum Gasteiger partial charge on any atom is -0.483 e. The maximum Gasteiger partial charge on any atom is 0.290 e. The Morgan fingerprint density at radius 1 is 1.16 bits per heavy atom. The number of nitrogens with one attached hydrogen (secondary N) is 1. The summed E-state index contributed by atoms with van der Waals surface area (Å²) in [5.41, 5.74) is 3.41. The molecule has 0 saturated carbocycles. The zero-order valence-corrected chi connectivity index (χ0v) is 18.1. The molecule has 2 N–H and O–H groups in total. The summed E-state index contributed by atoms with van der Waals surface area (Å²) in [4.78, 5) is 10.8. The number of carboxylic acid groups (broad SMARTS) is 1. The lowest BCUT2D eigenvalue weighted by Gasteiger charge is -2.28. The Labute approximate surface area is 181 Å². The second-order valence-corrected chi connectivity index (χ2v) is 10.1. The normalized spacial score (nSPS) is 24.0. The first kappa shape index (κ1) is 21.5. The molecule has 2 saturated heterocycles. The number of aromatic nitrogens is 2. The fourth-order valence-electron chi connectivity index (χ4n) is 4.97. The van der Waals surface area contributed by atoms with Crippen molar-refractivity contribution in [2.75, 3.05) is 25.9 Å². The molecule has 0 bridgehead atoms. The molecule has 1 aromatic heterocycles. The maximum absolute atomic E-state index is 12.4. The zero-order chi connectivity index (χ0) is 22.0. The number of hydrogen-bond donors (Lipinski definition) is 2. The van der Waals surface area contributed by atoms with Gasteiger partial charge in [0.05, 0.1) is 24.0 Å². The van der Waals surface area contributed by atoms with Gasteiger partial charge in [-0.25, -0.2) is 8.42 Å². The van der Waals surface area contributed by atoms with Crippen molar-refractivity contribution >= 4 is 27.4 Å². The summed E-state index contributed by atoms with van der Waals surface area (Å²) < 4.78 is 26.6. The summed E-state index contributed by atoms with van der Waals surface area (Å²) in [5, 5.41) is 15.1. The number of hydrogen-bond acceptors (Lipinski definition) is 5. The van der Waals surface area contributed by atoms with E-state index in [1.165, 1.54) is 11.8 Å². The van der Waals surface area contributed by atoms with E-state index in [-0.39, 0.29) is 12.5 Å². The fourth-order valence-corrected chi connectivity index (χ4v) is 6.13. The molecule has 31 heavy (non-hydrogen) atoms. The highest BCUT2D eigenvalue weighted by molar-refractivity contribution is 7.88. The lowest BCUT2D eigenvalue weighted by molar-refractivity contribution is -0.122. The smallest absolute Gasteiger partial charge is 0.290 e. The number of H-pyrrole nitrogens is 1. The summed E-state index contributed by atoms with van der Waals surface area (Å²) in [7, 11) is -3.23. The standard InChI is InChI=1S/C21H24N4O2S.CH2O2/c1-28(26,27)25-13-18-12-24(11-15-7-8-17-10-22-23-20(17)9-15)14-19(18)21(25)16-5-3-2-4-6-16;2-1-3/h2-10,18-19,21H,11-14H2,1H3,(H,22,23);1H,(H,2,3)/t18-,19-,21+;/m1./s1. The quantitative estimate of drug-likeness (QED) is 0.601. The van der Waals surface area contributed by atoms with Crippen molar-refractivity contribution < 1.29 is 18.3 Å². The van der Waals surface area contributed by atoms with Crippen molar-refractivity contribution in [3.63, 3.8) is 0 Å². The van der Waals surface area contributed by atoms with Gasteiger partial charge in [0, 0.05) is 31.6 Å². The third-order valence-corrected chi connectivity index (χ3v) is 7.41. The summed E-state index contributed by atoms with van der Waals surface area (Å²) in [5.74, 6) is 0.698. The second-order valence-electron chi connectivity index (χ2n) is 8.20. The first-order valence-electron chi connectivity index (χ1n) is 10.1. The lowest BCUT2D eigenvalue weighted by Crippen LogP contribution is -2.34. The average molecular weight is 443 g/mol. The number of rotatable bonds is 4. The number of aromatic amines is 1. The van der Waals surface area contributed by atoms with Gasteiger partial charge in [-0.15, -0.1) is 0 Å². The number of carbonyl (C=O) groups is 1. The van der Waals surface area contributed by atoms with Crippen molar-refractivity contribution in [3.05, 3.63) is 65.9 Å². The third kappa shape index (κ3) is 4.48. The minimum atomic E-state index is -3.23. The monoisotopic (exact) mass is 442 g/mol. The van der Waals surface area contributed by atoms with Crippen LogP contribution in [0.15, 0.2) is 54.7 Å². The zero-order valence-electron chi connectivity index (χ0n) is 17.3. The molecule has 0 spiro atoms. The highest BCUT2D eigenvalue weighted by Crippen LogP contribution is 2.46. The number of fused-ring (bicyclic) bond motifs is 2. The van der Waals surface area contributed by atoms with Gasteiger partial charge in [-0.1, -0.05) is 42.5 Å². The van der Waals surface area contributed by atoms with Crippen LogP contribution in [-0.2, 0) is 21.4 Å². The van der Waals surface area contributed by atoms with Crippen molar-refractivity contribution in [1.82, 2.24) is 19.4 Å². The molecular formula is C22H26N4O4S. The summed E-state index contributed by atoms with van der Waals surface area (Å²) >= 11 is 0. The topological polar surface area (TPSA) is 107 Å². The van der Waals surface area contributed by atoms with Crippen molar-refractivity contribution in [1.29, 1.82) is 0 Å². The van der Waals surface area contributed by atoms with Gasteiger partial charge in [0.25, 0.3) is 6.47 Å². The van der Waals surface area contributed by atoms with Gasteiger partial charge in [0.2, 0.25) is 10.0 Å². The minimum absolute atomic E-state index is 0.0683. The molecule has 2 aromatic carbocycles. The molecule has 0 radical (unpaired) electrons. The molecule has 0 aliphatic carbocycles. The van der Waals surface area contributed by atoms with E-state index in [9.17, 15) is 8.42 Å². The lowest BCUT2D eigenvalue weighted by atomic mass is 9.90. The van der Waals surface area contributed by atoms with Gasteiger partial charge in [-0.3, -0.25) is 14.8 Å². The van der Waals surface area contributed by atoms with E-state index < -0.39 is 10.0 Å². The highest BCUT2D eigenvalue weighted by Gasteiger charge is 2.50. The van der Waals surface area contributed by atoms with Crippen LogP contribution in [0.5, 0.6) is 0 Å². The third-order valence-electron chi connectivity index (χ3n) is 6.18. The Bertz CT molecular complexity index is 1150. The number of likely N-dealkylation sites (tertiary alicyclic amines) is 1. The van der Waals surface area contributed by atoms with Crippen molar-refractivity contribution in [2.45, 2.75) is 12.6 Å². The molecule has 0 unspecified atom stereocenters. The first-order chi connectivity index (χ1) is 14.9. The van der Waals surface area contributed by atoms with Crippen molar-refractivity contribution in [2.24, 2.45) is 11.8 Å². The largest absolute Gasteiger partial charge is 0.483 e. The molecule has 164 valence electrons. The van der Waals surface area contributed by atoms with Crippen LogP contribution in [-0.4, -0.2) is 65.3 Å². The second kappa shape index (κ2) is 8.78. The Hall–Kier alpha value is -2.75. The van der Waals surface area contributed by atoms with E-state index in [2.05, 4.69) is 45.4 Å². The summed E-state index contributed by atoms with van der Waals surface area (Å²) in [6.07, 6.45) is 3.17. The Kier molecular flexibility index (Phi) is 6.08. The fraction of sp³-hybridized carbons (Fsp3) is 0.364. The SMILES string of the molecule is CS(=O)(=O)N1C[C@H]2CN(Cc3ccc4cn[nH]c4c3)C[C@H]2[C@@H]1c1ccccc1.O=CO. The molecule has 2 aliphatic rings. The number of nitrogens with zero attached hydrogens (tertiary/aromatic N) is 3. The van der Waals surface area contributed by atoms with E-state index in [4.69, 9.17) is 9.90 Å². The first-order valence-corrected chi connectivity index (χ1v) is 12.0. The molecule has 2 fully saturated rings.